The van der Waals surface area contributed by atoms with Crippen molar-refractivity contribution in [3.8, 4) is 0 Å². The average Bonchev–Trinajstić information content (AvgIpc) is 2.69. The van der Waals surface area contributed by atoms with Crippen molar-refractivity contribution in [2.24, 2.45) is 10.7 Å². The van der Waals surface area contributed by atoms with Crippen LogP contribution in [0.25, 0.3) is 0 Å². The third-order valence-corrected chi connectivity index (χ3v) is 5.84. The van der Waals surface area contributed by atoms with Crippen molar-refractivity contribution in [1.29, 1.82) is 0 Å². The van der Waals surface area contributed by atoms with Gasteiger partial charge in [-0.05, 0) is 50.7 Å². The topological polar surface area (TPSA) is 89.4 Å². The van der Waals surface area contributed by atoms with Gasteiger partial charge in [0.15, 0.2) is 0 Å². The van der Waals surface area contributed by atoms with Crippen LogP contribution in [0, 0.1) is 6.92 Å². The van der Waals surface area contributed by atoms with Crippen LogP contribution in [0.3, 0.4) is 0 Å². The van der Waals surface area contributed by atoms with Gasteiger partial charge in [0.2, 0.25) is 0 Å². The minimum absolute atomic E-state index is 0.248. The normalized spacial score (nSPS) is 21.4. The maximum atomic E-state index is 8.40. The van der Waals surface area contributed by atoms with Gasteiger partial charge >= 0.3 is 5.90 Å². The van der Waals surface area contributed by atoms with Crippen molar-refractivity contribution in [3.05, 3.63) is 23.4 Å². The Labute approximate surface area is 163 Å². The molecule has 2 aliphatic rings. The Balaban J connectivity index is 1.66. The smallest absolute Gasteiger partial charge is 0.365 e. The first-order valence-corrected chi connectivity index (χ1v) is 10.6. The Morgan fingerprint density at radius 3 is 2.59 bits per heavy atom. The number of rotatable bonds is 6. The summed E-state index contributed by atoms with van der Waals surface area (Å²) in [4.78, 5) is 11.3. The summed E-state index contributed by atoms with van der Waals surface area (Å²) in [5.74, 6) is 1.13. The predicted octanol–water partition coefficient (Wildman–Crippen LogP) is 2.45. The summed E-state index contributed by atoms with van der Waals surface area (Å²) in [6.45, 7) is 5.94. The van der Waals surface area contributed by atoms with Crippen LogP contribution in [0.4, 0.5) is 5.82 Å². The first-order chi connectivity index (χ1) is 13.1. The van der Waals surface area contributed by atoms with E-state index in [9.17, 15) is 0 Å². The van der Waals surface area contributed by atoms with Gasteiger partial charge in [0.05, 0.1) is 0 Å². The molecule has 1 saturated heterocycles. The van der Waals surface area contributed by atoms with Gasteiger partial charge in [0, 0.05) is 31.4 Å². The van der Waals surface area contributed by atoms with Gasteiger partial charge in [-0.15, -0.1) is 0 Å². The summed E-state index contributed by atoms with van der Waals surface area (Å²) in [5.41, 5.74) is 7.79. The number of aromatic nitrogens is 1. The second-order valence-corrected chi connectivity index (χ2v) is 8.10. The molecule has 1 unspecified atom stereocenters. The first-order valence-electron chi connectivity index (χ1n) is 10.6. The fraction of sp³-hybridized carbons (Fsp3) is 0.714. The quantitative estimate of drug-likeness (QED) is 0.455. The molecule has 0 amide bonds. The molecular formula is C21H36N5O+. The van der Waals surface area contributed by atoms with Crippen molar-refractivity contribution in [3.63, 3.8) is 0 Å². The van der Waals surface area contributed by atoms with Crippen molar-refractivity contribution in [2.45, 2.75) is 83.5 Å². The van der Waals surface area contributed by atoms with Gasteiger partial charge in [-0.2, -0.15) is 4.99 Å². The summed E-state index contributed by atoms with van der Waals surface area (Å²) in [5, 5.41) is 12.3. The van der Waals surface area contributed by atoms with Gasteiger partial charge in [0.1, 0.15) is 17.5 Å². The second kappa shape index (κ2) is 9.51. The van der Waals surface area contributed by atoms with Crippen LogP contribution >= 0.6 is 0 Å². The molecule has 2 fully saturated rings. The van der Waals surface area contributed by atoms with Gasteiger partial charge in [-0.1, -0.05) is 26.2 Å². The number of nitrogens with two attached hydrogens (primary N) is 1. The van der Waals surface area contributed by atoms with Crippen molar-refractivity contribution >= 4 is 11.7 Å². The van der Waals surface area contributed by atoms with Gasteiger partial charge in [-0.25, -0.2) is 4.98 Å². The van der Waals surface area contributed by atoms with Crippen LogP contribution in [0.1, 0.15) is 69.4 Å². The summed E-state index contributed by atoms with van der Waals surface area (Å²) >= 11 is 0. The third-order valence-electron chi connectivity index (χ3n) is 5.84. The number of anilines is 1. The van der Waals surface area contributed by atoms with Crippen molar-refractivity contribution < 1.29 is 5.11 Å². The molecule has 6 nitrogen and oxygen atoms in total. The molecule has 150 valence electrons. The van der Waals surface area contributed by atoms with Crippen LogP contribution in [0.5, 0.6) is 0 Å². The predicted molar refractivity (Wildman–Crippen MR) is 113 cm³/mol. The summed E-state index contributed by atoms with van der Waals surface area (Å²) in [6.07, 6.45) is 11.4. The number of aryl methyl sites for hydroxylation is 1. The molecule has 1 saturated carbocycles. The fourth-order valence-corrected chi connectivity index (χ4v) is 4.18. The van der Waals surface area contributed by atoms with E-state index >= 15 is 0 Å². The highest BCUT2D eigenvalue weighted by Crippen LogP contribution is 2.25. The zero-order valence-corrected chi connectivity index (χ0v) is 16.9. The Kier molecular flexibility index (Phi) is 7.07. The Hall–Kier alpha value is -1.66. The van der Waals surface area contributed by atoms with E-state index in [4.69, 9.17) is 10.8 Å². The first kappa shape index (κ1) is 20.1. The molecule has 0 radical (unpaired) electrons. The van der Waals surface area contributed by atoms with E-state index in [1.165, 1.54) is 32.1 Å². The number of aliphatic imine (C=N–C) groups is 1. The average molecular weight is 375 g/mol. The number of piperidine rings is 1. The number of hydrogen-bond acceptors (Lipinski definition) is 5. The molecule has 5 N–H and O–H groups in total. The fourth-order valence-electron chi connectivity index (χ4n) is 4.18. The van der Waals surface area contributed by atoms with E-state index < -0.39 is 0 Å². The van der Waals surface area contributed by atoms with Crippen LogP contribution in [-0.4, -0.2) is 47.3 Å². The molecule has 27 heavy (non-hydrogen) atoms. The lowest BCUT2D eigenvalue weighted by Crippen LogP contribution is -2.47. The molecule has 1 atom stereocenters. The molecule has 1 aromatic heterocycles. The number of nitrogens with one attached hydrogen (secondary N) is 1. The molecule has 0 bridgehead atoms. The van der Waals surface area contributed by atoms with Gasteiger partial charge < -0.3 is 21.1 Å². The zero-order chi connectivity index (χ0) is 19.2. The molecule has 3 rings (SSSR count). The van der Waals surface area contributed by atoms with E-state index in [2.05, 4.69) is 20.2 Å². The second-order valence-electron chi connectivity index (χ2n) is 8.10. The van der Waals surface area contributed by atoms with E-state index in [0.717, 1.165) is 49.3 Å². The standard InChI is InChI=1S/C21H35N5O/c1-3-19(22)25-21(27)18-13-15(2)14-23-20(18)26-11-9-17(10-12-26)24-16-7-5-4-6-8-16/h13-14,16-17,19,24H,3-12,22H2,1-2H3,(H,25,27)/p+1. The number of pyridine rings is 1. The van der Waals surface area contributed by atoms with Crippen LogP contribution in [0.2, 0.25) is 0 Å². The molecule has 0 aromatic carbocycles. The lowest BCUT2D eigenvalue weighted by atomic mass is 9.93. The minimum atomic E-state index is -0.323. The molecule has 1 aliphatic heterocycles. The monoisotopic (exact) mass is 374 g/mol. The highest BCUT2D eigenvalue weighted by Gasteiger charge is 2.26. The molecule has 2 heterocycles. The maximum absolute atomic E-state index is 8.40. The highest BCUT2D eigenvalue weighted by atomic mass is 16.3. The van der Waals surface area contributed by atoms with Crippen LogP contribution in [0.15, 0.2) is 17.3 Å². The number of nitrogens with zero attached hydrogens (tertiary/aromatic N) is 3. The zero-order valence-electron chi connectivity index (χ0n) is 16.9. The highest BCUT2D eigenvalue weighted by molar-refractivity contribution is 5.97. The van der Waals surface area contributed by atoms with Crippen molar-refractivity contribution in [1.82, 2.24) is 10.3 Å². The Morgan fingerprint density at radius 1 is 1.26 bits per heavy atom. The third kappa shape index (κ3) is 5.42. The maximum Gasteiger partial charge on any atom is 0.365 e. The minimum Gasteiger partial charge on any atom is -0.578 e. The summed E-state index contributed by atoms with van der Waals surface area (Å²) in [6, 6.07) is 3.34. The summed E-state index contributed by atoms with van der Waals surface area (Å²) in [7, 11) is 0. The molecule has 1 aromatic rings. The van der Waals surface area contributed by atoms with E-state index in [1.807, 2.05) is 26.1 Å². The van der Waals surface area contributed by atoms with Crippen LogP contribution < -0.4 is 16.0 Å². The molecule has 6 heteroatoms. The largest absolute Gasteiger partial charge is 0.578 e. The van der Waals surface area contributed by atoms with Gasteiger partial charge in [0.25, 0.3) is 0 Å². The van der Waals surface area contributed by atoms with E-state index in [-0.39, 0.29) is 12.1 Å². The molecule has 0 spiro atoms. The Morgan fingerprint density at radius 2 is 1.93 bits per heavy atom. The lowest BCUT2D eigenvalue weighted by Gasteiger charge is -2.36. The SMILES string of the molecule is CCC(N)/N=C(\[OH2+])c1cc(C)cnc1N1CCC(NC2CCCCC2)CC1. The van der Waals surface area contributed by atoms with E-state index in [0.29, 0.717) is 12.1 Å². The Bertz CT molecular complexity index is 633. The molecule has 1 aliphatic carbocycles. The summed E-state index contributed by atoms with van der Waals surface area (Å²) < 4.78 is 0. The van der Waals surface area contributed by atoms with Crippen LogP contribution in [-0.2, 0) is 0 Å². The lowest BCUT2D eigenvalue weighted by molar-refractivity contribution is 0.307. The number of hydrogen-bond donors (Lipinski definition) is 2. The van der Waals surface area contributed by atoms with E-state index in [1.54, 1.807) is 0 Å². The molecular weight excluding hydrogens is 338 g/mol. The van der Waals surface area contributed by atoms with Crippen molar-refractivity contribution in [2.75, 3.05) is 18.0 Å². The van der Waals surface area contributed by atoms with Gasteiger partial charge in [-0.3, -0.25) is 0 Å².